The monoisotopic (exact) mass is 379 g/mol. The molecule has 2 N–H and O–H groups in total. The number of unbranched alkanes of at least 4 members (excludes halogenated alkanes) is 1. The van der Waals surface area contributed by atoms with Crippen molar-refractivity contribution in [3.63, 3.8) is 0 Å². The van der Waals surface area contributed by atoms with Crippen LogP contribution in [-0.2, 0) is 11.2 Å². The molecule has 1 aromatic carbocycles. The van der Waals surface area contributed by atoms with Gasteiger partial charge in [0.2, 0.25) is 0 Å². The second kappa shape index (κ2) is 11.3. The first-order valence-electron chi connectivity index (χ1n) is 9.42. The number of rotatable bonds is 9. The molecule has 0 saturated carbocycles. The van der Waals surface area contributed by atoms with Crippen LogP contribution in [0.15, 0.2) is 29.3 Å². The third kappa shape index (κ3) is 6.72. The molecule has 0 aromatic heterocycles. The van der Waals surface area contributed by atoms with Crippen molar-refractivity contribution in [3.05, 3.63) is 29.8 Å². The van der Waals surface area contributed by atoms with Gasteiger partial charge in [0, 0.05) is 38.1 Å². The Bertz CT molecular complexity index is 542. The van der Waals surface area contributed by atoms with Crippen LogP contribution >= 0.6 is 11.8 Å². The van der Waals surface area contributed by atoms with E-state index in [2.05, 4.69) is 34.0 Å². The molecule has 1 fully saturated rings. The Labute approximate surface area is 162 Å². The lowest BCUT2D eigenvalue weighted by atomic mass is 9.99. The van der Waals surface area contributed by atoms with Crippen LogP contribution in [0.25, 0.3) is 0 Å². The quantitative estimate of drug-likeness (QED) is 0.392. The smallest absolute Gasteiger partial charge is 0.191 e. The summed E-state index contributed by atoms with van der Waals surface area (Å²) in [7, 11) is 3.53. The lowest BCUT2D eigenvalue weighted by Gasteiger charge is -2.36. The van der Waals surface area contributed by atoms with Gasteiger partial charge in [-0.1, -0.05) is 12.1 Å². The number of thioether (sulfide) groups is 1. The van der Waals surface area contributed by atoms with E-state index in [4.69, 9.17) is 9.47 Å². The molecule has 2 rings (SSSR count). The van der Waals surface area contributed by atoms with Gasteiger partial charge in [-0.05, 0) is 56.1 Å². The van der Waals surface area contributed by atoms with Gasteiger partial charge in [0.25, 0.3) is 0 Å². The zero-order valence-corrected chi connectivity index (χ0v) is 17.2. The third-order valence-electron chi connectivity index (χ3n) is 4.98. The van der Waals surface area contributed by atoms with Crippen molar-refractivity contribution in [2.45, 2.75) is 36.9 Å². The van der Waals surface area contributed by atoms with Crippen LogP contribution in [-0.4, -0.2) is 57.4 Å². The van der Waals surface area contributed by atoms with Crippen molar-refractivity contribution in [1.29, 1.82) is 0 Å². The summed E-state index contributed by atoms with van der Waals surface area (Å²) in [5, 5.41) is 6.93. The number of hydrogen-bond donors (Lipinski definition) is 2. The van der Waals surface area contributed by atoms with Crippen LogP contribution in [0.3, 0.4) is 0 Å². The lowest BCUT2D eigenvalue weighted by molar-refractivity contribution is 0.0783. The first kappa shape index (κ1) is 20.9. The van der Waals surface area contributed by atoms with Crippen molar-refractivity contribution in [1.82, 2.24) is 10.6 Å². The molecular weight excluding hydrogens is 346 g/mol. The SMILES string of the molecule is CN=C(NCCCCc1ccc(OC)cc1)NCC1(SC)CCOCC1. The predicted octanol–water partition coefficient (Wildman–Crippen LogP) is 3.10. The topological polar surface area (TPSA) is 54.9 Å². The second-order valence-electron chi connectivity index (χ2n) is 6.66. The molecule has 0 radical (unpaired) electrons. The summed E-state index contributed by atoms with van der Waals surface area (Å²) in [4.78, 5) is 4.35. The van der Waals surface area contributed by atoms with Gasteiger partial charge in [-0.3, -0.25) is 4.99 Å². The highest BCUT2D eigenvalue weighted by atomic mass is 32.2. The molecule has 0 aliphatic carbocycles. The minimum atomic E-state index is 0.268. The maximum absolute atomic E-state index is 5.51. The van der Waals surface area contributed by atoms with Gasteiger partial charge in [-0.25, -0.2) is 0 Å². The van der Waals surface area contributed by atoms with Crippen LogP contribution in [0.4, 0.5) is 0 Å². The fraction of sp³-hybridized carbons (Fsp3) is 0.650. The summed E-state index contributed by atoms with van der Waals surface area (Å²) in [5.74, 6) is 1.81. The summed E-state index contributed by atoms with van der Waals surface area (Å²) in [6, 6.07) is 8.33. The van der Waals surface area contributed by atoms with Crippen molar-refractivity contribution < 1.29 is 9.47 Å². The minimum Gasteiger partial charge on any atom is -0.497 e. The van der Waals surface area contributed by atoms with Crippen molar-refractivity contribution in [2.75, 3.05) is 46.7 Å². The van der Waals surface area contributed by atoms with Crippen molar-refractivity contribution in [2.24, 2.45) is 4.99 Å². The Balaban J connectivity index is 1.63. The highest BCUT2D eigenvalue weighted by Crippen LogP contribution is 2.32. The lowest BCUT2D eigenvalue weighted by Crippen LogP contribution is -2.48. The molecule has 0 bridgehead atoms. The zero-order valence-electron chi connectivity index (χ0n) is 16.3. The Kier molecular flexibility index (Phi) is 9.12. The highest BCUT2D eigenvalue weighted by molar-refractivity contribution is 8.00. The molecule has 1 saturated heterocycles. The van der Waals surface area contributed by atoms with Gasteiger partial charge in [0.15, 0.2) is 5.96 Å². The van der Waals surface area contributed by atoms with Crippen LogP contribution < -0.4 is 15.4 Å². The van der Waals surface area contributed by atoms with Crippen LogP contribution in [0.5, 0.6) is 5.75 Å². The summed E-state index contributed by atoms with van der Waals surface area (Å²) >= 11 is 1.94. The standard InChI is InChI=1S/C20H33N3O2S/c1-21-19(23-16-20(26-3)11-14-25-15-12-20)22-13-5-4-6-17-7-9-18(24-2)10-8-17/h7-10H,4-6,11-16H2,1-3H3,(H2,21,22,23). The predicted molar refractivity (Wildman–Crippen MR) is 112 cm³/mol. The normalized spacial score (nSPS) is 17.0. The van der Waals surface area contributed by atoms with Crippen LogP contribution in [0.1, 0.15) is 31.2 Å². The van der Waals surface area contributed by atoms with Crippen LogP contribution in [0, 0.1) is 0 Å². The molecule has 26 heavy (non-hydrogen) atoms. The first-order chi connectivity index (χ1) is 12.7. The van der Waals surface area contributed by atoms with E-state index < -0.39 is 0 Å². The third-order valence-corrected chi connectivity index (χ3v) is 6.40. The number of guanidine groups is 1. The molecule has 1 aliphatic heterocycles. The molecule has 6 heteroatoms. The Morgan fingerprint density at radius 2 is 1.92 bits per heavy atom. The Hall–Kier alpha value is -1.40. The van der Waals surface area contributed by atoms with Gasteiger partial charge in [-0.2, -0.15) is 11.8 Å². The largest absolute Gasteiger partial charge is 0.497 e. The van der Waals surface area contributed by atoms with E-state index in [-0.39, 0.29) is 4.75 Å². The Morgan fingerprint density at radius 3 is 2.54 bits per heavy atom. The zero-order chi connectivity index (χ0) is 18.7. The summed E-state index contributed by atoms with van der Waals surface area (Å²) in [6.07, 6.45) is 7.76. The number of nitrogens with one attached hydrogen (secondary N) is 2. The summed E-state index contributed by atoms with van der Waals surface area (Å²) in [5.41, 5.74) is 1.36. The van der Waals surface area contributed by atoms with Crippen molar-refractivity contribution >= 4 is 17.7 Å². The van der Waals surface area contributed by atoms with E-state index in [0.717, 1.165) is 70.1 Å². The van der Waals surface area contributed by atoms with E-state index in [1.165, 1.54) is 5.56 Å². The average Bonchev–Trinajstić information content (AvgIpc) is 2.71. The van der Waals surface area contributed by atoms with Crippen LogP contribution in [0.2, 0.25) is 0 Å². The summed E-state index contributed by atoms with van der Waals surface area (Å²) in [6.45, 7) is 3.59. The molecule has 0 amide bonds. The average molecular weight is 380 g/mol. The number of aryl methyl sites for hydroxylation is 1. The molecular formula is C20H33N3O2S. The second-order valence-corrected chi connectivity index (χ2v) is 7.93. The maximum atomic E-state index is 5.51. The van der Waals surface area contributed by atoms with Gasteiger partial charge < -0.3 is 20.1 Å². The maximum Gasteiger partial charge on any atom is 0.191 e. The highest BCUT2D eigenvalue weighted by Gasteiger charge is 2.31. The van der Waals surface area contributed by atoms with E-state index in [0.29, 0.717) is 0 Å². The number of methoxy groups -OCH3 is 1. The van der Waals surface area contributed by atoms with Gasteiger partial charge >= 0.3 is 0 Å². The van der Waals surface area contributed by atoms with Crippen molar-refractivity contribution in [3.8, 4) is 5.75 Å². The first-order valence-corrected chi connectivity index (χ1v) is 10.6. The molecule has 0 atom stereocenters. The van der Waals surface area contributed by atoms with E-state index >= 15 is 0 Å². The molecule has 0 spiro atoms. The van der Waals surface area contributed by atoms with Gasteiger partial charge in [0.1, 0.15) is 5.75 Å². The molecule has 1 aliphatic rings. The molecule has 146 valence electrons. The molecule has 5 nitrogen and oxygen atoms in total. The van der Waals surface area contributed by atoms with Gasteiger partial charge in [0.05, 0.1) is 7.11 Å². The minimum absolute atomic E-state index is 0.268. The fourth-order valence-corrected chi connectivity index (χ4v) is 3.91. The molecule has 1 heterocycles. The van der Waals surface area contributed by atoms with E-state index in [9.17, 15) is 0 Å². The molecule has 0 unspecified atom stereocenters. The number of benzene rings is 1. The Morgan fingerprint density at radius 1 is 1.19 bits per heavy atom. The number of aliphatic imine (C=N–C) groups is 1. The number of nitrogens with zero attached hydrogens (tertiary/aromatic N) is 1. The number of hydrogen-bond acceptors (Lipinski definition) is 4. The molecule has 1 aromatic rings. The fourth-order valence-electron chi connectivity index (χ4n) is 3.12. The summed E-state index contributed by atoms with van der Waals surface area (Å²) < 4.78 is 11.0. The number of ether oxygens (including phenoxy) is 2. The van der Waals surface area contributed by atoms with Gasteiger partial charge in [-0.15, -0.1) is 0 Å². The van der Waals surface area contributed by atoms with E-state index in [1.807, 2.05) is 30.9 Å². The van der Waals surface area contributed by atoms with E-state index in [1.54, 1.807) is 7.11 Å².